The second-order valence-corrected chi connectivity index (χ2v) is 7.08. The number of methoxy groups -OCH3 is 1. The SMILES string of the molecule is COC(=O)[C@H]1CC2(CCN(c3cc(N)ccn3)CC2)c2ccccc21. The van der Waals surface area contributed by atoms with Gasteiger partial charge in [-0.3, -0.25) is 4.79 Å². The number of ether oxygens (including phenoxy) is 1. The van der Waals surface area contributed by atoms with Gasteiger partial charge in [0.25, 0.3) is 0 Å². The minimum atomic E-state index is -0.141. The zero-order valence-electron chi connectivity index (χ0n) is 14.4. The lowest BCUT2D eigenvalue weighted by Gasteiger charge is -2.41. The number of rotatable bonds is 2. The van der Waals surface area contributed by atoms with Crippen LogP contribution in [0.1, 0.15) is 36.3 Å². The van der Waals surface area contributed by atoms with Crippen molar-refractivity contribution in [2.75, 3.05) is 30.8 Å². The zero-order chi connectivity index (χ0) is 17.4. The van der Waals surface area contributed by atoms with Crippen molar-refractivity contribution >= 4 is 17.5 Å². The number of nitrogens with zero attached hydrogens (tertiary/aromatic N) is 2. The minimum absolute atomic E-state index is 0.0618. The summed E-state index contributed by atoms with van der Waals surface area (Å²) < 4.78 is 5.06. The van der Waals surface area contributed by atoms with Crippen LogP contribution in [0.4, 0.5) is 11.5 Å². The van der Waals surface area contributed by atoms with Crippen LogP contribution in [-0.4, -0.2) is 31.2 Å². The predicted octanol–water partition coefficient (Wildman–Crippen LogP) is 2.86. The molecule has 0 saturated carbocycles. The summed E-state index contributed by atoms with van der Waals surface area (Å²) >= 11 is 0. The van der Waals surface area contributed by atoms with E-state index >= 15 is 0 Å². The average molecular weight is 337 g/mol. The van der Waals surface area contributed by atoms with Crippen molar-refractivity contribution in [3.63, 3.8) is 0 Å². The van der Waals surface area contributed by atoms with Crippen LogP contribution in [0.25, 0.3) is 0 Å². The van der Waals surface area contributed by atoms with Gasteiger partial charge < -0.3 is 15.4 Å². The molecule has 1 fully saturated rings. The van der Waals surface area contributed by atoms with Gasteiger partial charge in [-0.1, -0.05) is 24.3 Å². The van der Waals surface area contributed by atoms with E-state index in [1.54, 1.807) is 6.20 Å². The summed E-state index contributed by atoms with van der Waals surface area (Å²) in [5.41, 5.74) is 9.16. The van der Waals surface area contributed by atoms with Crippen LogP contribution in [0.2, 0.25) is 0 Å². The first kappa shape index (κ1) is 15.9. The smallest absolute Gasteiger partial charge is 0.313 e. The second-order valence-electron chi connectivity index (χ2n) is 7.08. The molecule has 0 amide bonds. The molecule has 2 heterocycles. The van der Waals surface area contributed by atoms with Crippen molar-refractivity contribution < 1.29 is 9.53 Å². The molecule has 1 aromatic heterocycles. The van der Waals surface area contributed by atoms with Crippen molar-refractivity contribution in [3.05, 3.63) is 53.7 Å². The van der Waals surface area contributed by atoms with Gasteiger partial charge in [-0.2, -0.15) is 0 Å². The summed E-state index contributed by atoms with van der Waals surface area (Å²) in [5, 5.41) is 0. The third-order valence-corrected chi connectivity index (χ3v) is 5.80. The number of carbonyl (C=O) groups is 1. The normalized spacial score (nSPS) is 21.2. The zero-order valence-corrected chi connectivity index (χ0v) is 14.4. The van der Waals surface area contributed by atoms with Gasteiger partial charge in [0.15, 0.2) is 0 Å². The molecule has 1 aliphatic carbocycles. The van der Waals surface area contributed by atoms with Gasteiger partial charge in [0, 0.05) is 36.5 Å². The number of anilines is 2. The molecule has 1 aromatic carbocycles. The van der Waals surface area contributed by atoms with E-state index in [2.05, 4.69) is 28.1 Å². The molecule has 0 bridgehead atoms. The fraction of sp³-hybridized carbons (Fsp3) is 0.400. The summed E-state index contributed by atoms with van der Waals surface area (Å²) in [4.78, 5) is 19.0. The molecule has 25 heavy (non-hydrogen) atoms. The van der Waals surface area contributed by atoms with E-state index in [-0.39, 0.29) is 17.3 Å². The predicted molar refractivity (Wildman–Crippen MR) is 97.6 cm³/mol. The Morgan fingerprint density at radius 3 is 2.76 bits per heavy atom. The van der Waals surface area contributed by atoms with Crippen molar-refractivity contribution in [3.8, 4) is 0 Å². The van der Waals surface area contributed by atoms with Crippen molar-refractivity contribution in [1.82, 2.24) is 4.98 Å². The molecular weight excluding hydrogens is 314 g/mol. The van der Waals surface area contributed by atoms with Crippen LogP contribution in [-0.2, 0) is 14.9 Å². The number of carbonyl (C=O) groups excluding carboxylic acids is 1. The Morgan fingerprint density at radius 2 is 2.04 bits per heavy atom. The number of hydrogen-bond acceptors (Lipinski definition) is 5. The lowest BCUT2D eigenvalue weighted by Crippen LogP contribution is -2.42. The Labute approximate surface area is 147 Å². The van der Waals surface area contributed by atoms with Gasteiger partial charge in [-0.15, -0.1) is 0 Å². The highest BCUT2D eigenvalue weighted by Crippen LogP contribution is 2.52. The lowest BCUT2D eigenvalue weighted by atomic mass is 9.73. The molecule has 4 rings (SSSR count). The van der Waals surface area contributed by atoms with E-state index in [1.807, 2.05) is 18.2 Å². The fourth-order valence-corrected chi connectivity index (χ4v) is 4.49. The van der Waals surface area contributed by atoms with E-state index in [9.17, 15) is 4.79 Å². The van der Waals surface area contributed by atoms with Crippen LogP contribution in [0.5, 0.6) is 0 Å². The molecule has 2 aromatic rings. The fourth-order valence-electron chi connectivity index (χ4n) is 4.49. The summed E-state index contributed by atoms with van der Waals surface area (Å²) in [7, 11) is 1.48. The van der Waals surface area contributed by atoms with Gasteiger partial charge in [0.2, 0.25) is 0 Å². The second kappa shape index (κ2) is 6.06. The van der Waals surface area contributed by atoms with Crippen molar-refractivity contribution in [2.45, 2.75) is 30.6 Å². The van der Waals surface area contributed by atoms with E-state index in [0.29, 0.717) is 0 Å². The first-order valence-electron chi connectivity index (χ1n) is 8.77. The van der Waals surface area contributed by atoms with E-state index in [0.717, 1.165) is 49.4 Å². The molecule has 0 radical (unpaired) electrons. The number of piperidine rings is 1. The quantitative estimate of drug-likeness (QED) is 0.854. The molecule has 0 unspecified atom stereocenters. The van der Waals surface area contributed by atoms with E-state index in [1.165, 1.54) is 12.7 Å². The Balaban J connectivity index is 1.59. The average Bonchev–Trinajstić information content (AvgIpc) is 2.96. The first-order valence-corrected chi connectivity index (χ1v) is 8.77. The summed E-state index contributed by atoms with van der Waals surface area (Å²) in [6.07, 6.45) is 4.62. The maximum absolute atomic E-state index is 12.3. The van der Waals surface area contributed by atoms with Crippen molar-refractivity contribution in [1.29, 1.82) is 0 Å². The number of hydrogen-bond donors (Lipinski definition) is 1. The number of aromatic nitrogens is 1. The van der Waals surface area contributed by atoms with Gasteiger partial charge >= 0.3 is 5.97 Å². The summed E-state index contributed by atoms with van der Waals surface area (Å²) in [5.74, 6) is 0.674. The number of esters is 1. The number of nitrogens with two attached hydrogens (primary N) is 1. The van der Waals surface area contributed by atoms with Crippen LogP contribution in [0, 0.1) is 0 Å². The molecule has 1 aliphatic heterocycles. The highest BCUT2D eigenvalue weighted by Gasteiger charge is 2.47. The molecular formula is C20H23N3O2. The van der Waals surface area contributed by atoms with Gasteiger partial charge in [-0.25, -0.2) is 4.98 Å². The molecule has 2 N–H and O–H groups in total. The molecule has 5 heteroatoms. The number of fused-ring (bicyclic) bond motifs is 2. The maximum atomic E-state index is 12.3. The molecule has 130 valence electrons. The Morgan fingerprint density at radius 1 is 1.28 bits per heavy atom. The highest BCUT2D eigenvalue weighted by molar-refractivity contribution is 5.80. The third-order valence-electron chi connectivity index (χ3n) is 5.80. The van der Waals surface area contributed by atoms with Crippen LogP contribution < -0.4 is 10.6 Å². The highest BCUT2D eigenvalue weighted by atomic mass is 16.5. The topological polar surface area (TPSA) is 68.5 Å². The molecule has 1 saturated heterocycles. The maximum Gasteiger partial charge on any atom is 0.313 e. The van der Waals surface area contributed by atoms with Crippen LogP contribution in [0.15, 0.2) is 42.6 Å². The first-order chi connectivity index (χ1) is 12.1. The number of pyridine rings is 1. The van der Waals surface area contributed by atoms with E-state index in [4.69, 9.17) is 10.5 Å². The third kappa shape index (κ3) is 2.64. The number of benzene rings is 1. The van der Waals surface area contributed by atoms with Crippen LogP contribution >= 0.6 is 0 Å². The van der Waals surface area contributed by atoms with E-state index < -0.39 is 0 Å². The minimum Gasteiger partial charge on any atom is -0.469 e. The Bertz CT molecular complexity index is 797. The molecule has 5 nitrogen and oxygen atoms in total. The Hall–Kier alpha value is -2.56. The van der Waals surface area contributed by atoms with Crippen molar-refractivity contribution in [2.24, 2.45) is 0 Å². The summed E-state index contributed by atoms with van der Waals surface area (Å²) in [6.45, 7) is 1.83. The number of nitrogen functional groups attached to an aromatic ring is 1. The Kier molecular flexibility index (Phi) is 3.86. The van der Waals surface area contributed by atoms with Crippen LogP contribution in [0.3, 0.4) is 0 Å². The van der Waals surface area contributed by atoms with Gasteiger partial charge in [0.05, 0.1) is 13.0 Å². The lowest BCUT2D eigenvalue weighted by molar-refractivity contribution is -0.142. The molecule has 2 aliphatic rings. The van der Waals surface area contributed by atoms with Gasteiger partial charge in [0.1, 0.15) is 5.82 Å². The molecule has 1 spiro atoms. The largest absolute Gasteiger partial charge is 0.469 e. The standard InChI is InChI=1S/C20H23N3O2/c1-25-19(24)16-13-20(17-5-3-2-4-15(16)17)7-10-23(11-8-20)18-12-14(21)6-9-22-18/h2-6,9,12,16H,7-8,10-11,13H2,1H3,(H2,21,22)/t16-/m0/s1. The van der Waals surface area contributed by atoms with Gasteiger partial charge in [-0.05, 0) is 36.5 Å². The molecule has 1 atom stereocenters. The summed E-state index contributed by atoms with van der Waals surface area (Å²) in [6, 6.07) is 12.1. The monoisotopic (exact) mass is 337 g/mol.